The van der Waals surface area contributed by atoms with Crippen molar-refractivity contribution in [2.45, 2.75) is 79.1 Å². The molecule has 0 aliphatic carbocycles. The van der Waals surface area contributed by atoms with E-state index >= 15 is 0 Å². The van der Waals surface area contributed by atoms with Crippen LogP contribution >= 0.6 is 0 Å². The molecule has 0 N–H and O–H groups in total. The minimum atomic E-state index is -0.000178. The minimum Gasteiger partial charge on any atom is -0.465 e. The summed E-state index contributed by atoms with van der Waals surface area (Å²) in [5, 5.41) is 0. The molecule has 0 aromatic heterocycles. The normalized spacial score (nSPS) is 11.2. The van der Waals surface area contributed by atoms with E-state index in [0.29, 0.717) is 6.61 Å². The van der Waals surface area contributed by atoms with Gasteiger partial charge in [-0.3, -0.25) is 4.79 Å². The second-order valence-electron chi connectivity index (χ2n) is 5.63. The van der Waals surface area contributed by atoms with E-state index < -0.39 is 0 Å². The van der Waals surface area contributed by atoms with Gasteiger partial charge in [0, 0.05) is 0 Å². The molecule has 0 unspecified atom stereocenters. The Morgan fingerprint density at radius 3 is 2.06 bits per heavy atom. The fourth-order valence-corrected chi connectivity index (χ4v) is 2.10. The van der Waals surface area contributed by atoms with Crippen LogP contribution in [0.15, 0.2) is 0 Å². The first-order valence-electron chi connectivity index (χ1n) is 7.78. The van der Waals surface area contributed by atoms with Crippen molar-refractivity contribution in [3.8, 4) is 0 Å². The Hall–Kier alpha value is -0.530. The van der Waals surface area contributed by atoms with Crippen LogP contribution in [-0.4, -0.2) is 12.6 Å². The summed E-state index contributed by atoms with van der Waals surface area (Å²) in [7, 11) is 0. The number of esters is 1. The third-order valence-electron chi connectivity index (χ3n) is 3.49. The maximum absolute atomic E-state index is 11.6. The summed E-state index contributed by atoms with van der Waals surface area (Å²) in [6.07, 6.45) is 9.26. The van der Waals surface area contributed by atoms with Crippen LogP contribution in [0.5, 0.6) is 0 Å². The first-order chi connectivity index (χ1) is 8.61. The van der Waals surface area contributed by atoms with E-state index in [9.17, 15) is 4.79 Å². The second-order valence-corrected chi connectivity index (χ2v) is 5.63. The second kappa shape index (κ2) is 11.6. The van der Waals surface area contributed by atoms with Crippen LogP contribution in [0.4, 0.5) is 0 Å². The minimum absolute atomic E-state index is 0.000178. The van der Waals surface area contributed by atoms with E-state index in [2.05, 4.69) is 13.8 Å². The van der Waals surface area contributed by atoms with E-state index in [1.54, 1.807) is 0 Å². The van der Waals surface area contributed by atoms with Gasteiger partial charge in [-0.25, -0.2) is 0 Å². The monoisotopic (exact) mass is 256 g/mol. The lowest BCUT2D eigenvalue weighted by atomic mass is 10.0. The van der Waals surface area contributed by atoms with Gasteiger partial charge in [-0.2, -0.15) is 0 Å². The lowest BCUT2D eigenvalue weighted by Crippen LogP contribution is -2.16. The molecule has 0 atom stereocenters. The summed E-state index contributed by atoms with van der Waals surface area (Å²) in [5.74, 6) is 0.932. The molecule has 0 heterocycles. The molecule has 0 aliphatic rings. The molecule has 2 heteroatoms. The summed E-state index contributed by atoms with van der Waals surface area (Å²) in [6, 6.07) is 0. The number of carbonyl (C=O) groups is 1. The molecule has 0 aromatic carbocycles. The van der Waals surface area contributed by atoms with Gasteiger partial charge in [0.1, 0.15) is 0 Å². The van der Waals surface area contributed by atoms with Crippen LogP contribution in [-0.2, 0) is 9.53 Å². The average Bonchev–Trinajstić information content (AvgIpc) is 2.33. The van der Waals surface area contributed by atoms with Crippen LogP contribution in [0.2, 0.25) is 0 Å². The van der Waals surface area contributed by atoms with Crippen LogP contribution in [0.1, 0.15) is 79.1 Å². The third kappa shape index (κ3) is 9.49. The number of unbranched alkanes of at least 4 members (excludes halogenated alkanes) is 4. The zero-order chi connectivity index (χ0) is 13.8. The molecule has 0 spiro atoms. The van der Waals surface area contributed by atoms with Crippen LogP contribution in [0.25, 0.3) is 0 Å². The van der Waals surface area contributed by atoms with Gasteiger partial charge in [-0.05, 0) is 25.2 Å². The van der Waals surface area contributed by atoms with E-state index in [1.807, 2.05) is 13.8 Å². The van der Waals surface area contributed by atoms with Gasteiger partial charge in [0.05, 0.1) is 12.5 Å². The molecule has 18 heavy (non-hydrogen) atoms. The van der Waals surface area contributed by atoms with E-state index in [0.717, 1.165) is 25.2 Å². The Morgan fingerprint density at radius 2 is 1.50 bits per heavy atom. The Balaban J connectivity index is 3.32. The predicted molar refractivity (Wildman–Crippen MR) is 77.6 cm³/mol. The van der Waals surface area contributed by atoms with E-state index in [4.69, 9.17) is 4.74 Å². The van der Waals surface area contributed by atoms with Crippen LogP contribution in [0.3, 0.4) is 0 Å². The standard InChI is InChI=1S/C16H32O2/c1-5-15(6-2)16(17)18-13-11-9-7-8-10-12-14(3)4/h14-15H,5-13H2,1-4H3. The van der Waals surface area contributed by atoms with Gasteiger partial charge in [-0.15, -0.1) is 0 Å². The highest BCUT2D eigenvalue weighted by Crippen LogP contribution is 2.12. The predicted octanol–water partition coefficient (Wildman–Crippen LogP) is 4.96. The number of hydrogen-bond donors (Lipinski definition) is 0. The van der Waals surface area contributed by atoms with Gasteiger partial charge < -0.3 is 4.74 Å². The smallest absolute Gasteiger partial charge is 0.308 e. The van der Waals surface area contributed by atoms with Crippen molar-refractivity contribution < 1.29 is 9.53 Å². The van der Waals surface area contributed by atoms with Crippen LogP contribution < -0.4 is 0 Å². The van der Waals surface area contributed by atoms with Gasteiger partial charge in [0.2, 0.25) is 0 Å². The Kier molecular flexibility index (Phi) is 11.2. The zero-order valence-corrected chi connectivity index (χ0v) is 12.8. The molecule has 0 aromatic rings. The quantitative estimate of drug-likeness (QED) is 0.385. The fraction of sp³-hybridized carbons (Fsp3) is 0.938. The van der Waals surface area contributed by atoms with Gasteiger partial charge in [0.25, 0.3) is 0 Å². The van der Waals surface area contributed by atoms with E-state index in [1.165, 1.54) is 32.1 Å². The molecule has 0 saturated carbocycles. The first-order valence-corrected chi connectivity index (χ1v) is 7.78. The van der Waals surface area contributed by atoms with Gasteiger partial charge in [-0.1, -0.05) is 59.8 Å². The summed E-state index contributed by atoms with van der Waals surface area (Å²) in [5.41, 5.74) is 0. The summed E-state index contributed by atoms with van der Waals surface area (Å²) < 4.78 is 5.29. The lowest BCUT2D eigenvalue weighted by molar-refractivity contribution is -0.148. The molecule has 2 nitrogen and oxygen atoms in total. The highest BCUT2D eigenvalue weighted by molar-refractivity contribution is 5.72. The molecular formula is C16H32O2. The van der Waals surface area contributed by atoms with Gasteiger partial charge >= 0.3 is 5.97 Å². The molecule has 0 amide bonds. The lowest BCUT2D eigenvalue weighted by Gasteiger charge is -2.11. The maximum Gasteiger partial charge on any atom is 0.308 e. The molecule has 0 radical (unpaired) electrons. The molecule has 0 aliphatic heterocycles. The number of rotatable bonds is 11. The van der Waals surface area contributed by atoms with Crippen molar-refractivity contribution in [3.63, 3.8) is 0 Å². The SMILES string of the molecule is CCC(CC)C(=O)OCCCCCCCC(C)C. The van der Waals surface area contributed by atoms with Crippen molar-refractivity contribution in [3.05, 3.63) is 0 Å². The molecule has 0 rings (SSSR count). The van der Waals surface area contributed by atoms with E-state index in [-0.39, 0.29) is 11.9 Å². The molecule has 108 valence electrons. The molecule has 0 fully saturated rings. The highest BCUT2D eigenvalue weighted by Gasteiger charge is 2.14. The van der Waals surface area contributed by atoms with Crippen molar-refractivity contribution in [1.82, 2.24) is 0 Å². The van der Waals surface area contributed by atoms with Gasteiger partial charge in [0.15, 0.2) is 0 Å². The Morgan fingerprint density at radius 1 is 0.944 bits per heavy atom. The molecule has 0 bridgehead atoms. The largest absolute Gasteiger partial charge is 0.465 e. The van der Waals surface area contributed by atoms with Crippen LogP contribution in [0, 0.1) is 11.8 Å². The average molecular weight is 256 g/mol. The third-order valence-corrected chi connectivity index (χ3v) is 3.49. The summed E-state index contributed by atoms with van der Waals surface area (Å²) in [4.78, 5) is 11.6. The maximum atomic E-state index is 11.6. The number of hydrogen-bond acceptors (Lipinski definition) is 2. The molecule has 0 saturated heterocycles. The first kappa shape index (κ1) is 17.5. The summed E-state index contributed by atoms with van der Waals surface area (Å²) in [6.45, 7) is 9.25. The Labute approximate surface area is 113 Å². The number of ether oxygens (including phenoxy) is 1. The number of carbonyl (C=O) groups excluding carboxylic acids is 1. The van der Waals surface area contributed by atoms with Crippen molar-refractivity contribution in [2.75, 3.05) is 6.61 Å². The highest BCUT2D eigenvalue weighted by atomic mass is 16.5. The summed E-state index contributed by atoms with van der Waals surface area (Å²) >= 11 is 0. The molecular weight excluding hydrogens is 224 g/mol. The fourth-order valence-electron chi connectivity index (χ4n) is 2.10. The zero-order valence-electron chi connectivity index (χ0n) is 12.8. The van der Waals surface area contributed by atoms with Crippen molar-refractivity contribution in [2.24, 2.45) is 11.8 Å². The van der Waals surface area contributed by atoms with Crippen molar-refractivity contribution in [1.29, 1.82) is 0 Å². The Bertz CT molecular complexity index is 195. The topological polar surface area (TPSA) is 26.3 Å². The van der Waals surface area contributed by atoms with Crippen molar-refractivity contribution >= 4 is 5.97 Å².